The first-order valence-electron chi connectivity index (χ1n) is 15.7. The summed E-state index contributed by atoms with van der Waals surface area (Å²) in [6.07, 6.45) is 0.978. The molecule has 218 valence electrons. The fraction of sp³-hybridized carbons (Fsp3) is 0.0233. The Hall–Kier alpha value is -6.06. The molecule has 0 bridgehead atoms. The molecule has 0 unspecified atom stereocenters. The zero-order valence-electron chi connectivity index (χ0n) is 25.2. The molecule has 0 aliphatic heterocycles. The summed E-state index contributed by atoms with van der Waals surface area (Å²) in [5, 5.41) is 2.16. The molecule has 0 saturated carbocycles. The SMILES string of the molecule is c1ccc(N(c2ccc3c(c2)-c2ccccc2C3)c2ccc3oc4cccc(N(c5ccccc5)c5ccccc5)c4c3c2)cc1. The Kier molecular flexibility index (Phi) is 6.20. The van der Waals surface area contributed by atoms with E-state index < -0.39 is 0 Å². The molecule has 0 saturated heterocycles. The molecule has 46 heavy (non-hydrogen) atoms. The van der Waals surface area contributed by atoms with Crippen LogP contribution in [0.5, 0.6) is 0 Å². The monoisotopic (exact) mass is 590 g/mol. The van der Waals surface area contributed by atoms with Crippen LogP contribution >= 0.6 is 0 Å². The largest absolute Gasteiger partial charge is 0.456 e. The topological polar surface area (TPSA) is 19.6 Å². The van der Waals surface area contributed by atoms with Gasteiger partial charge < -0.3 is 14.2 Å². The van der Waals surface area contributed by atoms with Crippen LogP contribution in [0.25, 0.3) is 33.1 Å². The van der Waals surface area contributed by atoms with Gasteiger partial charge in [0.2, 0.25) is 0 Å². The van der Waals surface area contributed by atoms with Crippen LogP contribution in [0, 0.1) is 0 Å². The molecule has 8 aromatic rings. The Labute approximate surface area is 268 Å². The summed E-state index contributed by atoms with van der Waals surface area (Å²) < 4.78 is 6.52. The first kappa shape index (κ1) is 26.4. The summed E-state index contributed by atoms with van der Waals surface area (Å²) >= 11 is 0. The van der Waals surface area contributed by atoms with Gasteiger partial charge in [0.05, 0.1) is 11.1 Å². The van der Waals surface area contributed by atoms with Crippen molar-refractivity contribution in [3.05, 3.63) is 181 Å². The fourth-order valence-electron chi connectivity index (χ4n) is 6.98. The lowest BCUT2D eigenvalue weighted by molar-refractivity contribution is 0.669. The molecule has 7 aromatic carbocycles. The molecule has 0 atom stereocenters. The minimum Gasteiger partial charge on any atom is -0.456 e. The Balaban J connectivity index is 1.25. The number of hydrogen-bond donors (Lipinski definition) is 0. The second-order valence-corrected chi connectivity index (χ2v) is 11.8. The molecule has 9 rings (SSSR count). The molecule has 0 amide bonds. The molecular formula is C43H30N2O. The van der Waals surface area contributed by atoms with Crippen molar-refractivity contribution in [1.29, 1.82) is 0 Å². The Morgan fingerprint density at radius 3 is 1.70 bits per heavy atom. The Morgan fingerprint density at radius 1 is 0.391 bits per heavy atom. The third-order valence-electron chi connectivity index (χ3n) is 9.04. The van der Waals surface area contributed by atoms with Crippen LogP contribution in [0.3, 0.4) is 0 Å². The average molecular weight is 591 g/mol. The second-order valence-electron chi connectivity index (χ2n) is 11.8. The lowest BCUT2D eigenvalue weighted by Crippen LogP contribution is -2.10. The molecule has 1 aromatic heterocycles. The molecule has 1 aliphatic carbocycles. The number of rotatable bonds is 6. The number of anilines is 6. The van der Waals surface area contributed by atoms with E-state index in [1.54, 1.807) is 0 Å². The number of furan rings is 1. The predicted octanol–water partition coefficient (Wildman–Crippen LogP) is 12.1. The van der Waals surface area contributed by atoms with E-state index in [1.165, 1.54) is 22.3 Å². The summed E-state index contributed by atoms with van der Waals surface area (Å²) in [4.78, 5) is 4.67. The second kappa shape index (κ2) is 10.8. The van der Waals surface area contributed by atoms with Crippen LogP contribution in [-0.2, 0) is 6.42 Å². The van der Waals surface area contributed by atoms with Crippen molar-refractivity contribution in [2.75, 3.05) is 9.80 Å². The fourth-order valence-corrected chi connectivity index (χ4v) is 6.98. The van der Waals surface area contributed by atoms with Gasteiger partial charge in [-0.15, -0.1) is 0 Å². The summed E-state index contributed by atoms with van der Waals surface area (Å²) in [5.41, 5.74) is 13.7. The van der Waals surface area contributed by atoms with Gasteiger partial charge in [-0.05, 0) is 108 Å². The van der Waals surface area contributed by atoms with E-state index in [-0.39, 0.29) is 0 Å². The van der Waals surface area contributed by atoms with Gasteiger partial charge in [-0.3, -0.25) is 0 Å². The Bertz CT molecular complexity index is 2300. The maximum Gasteiger partial charge on any atom is 0.137 e. The van der Waals surface area contributed by atoms with Crippen LogP contribution in [0.2, 0.25) is 0 Å². The van der Waals surface area contributed by atoms with E-state index in [1.807, 2.05) is 0 Å². The first-order chi connectivity index (χ1) is 22.8. The van der Waals surface area contributed by atoms with E-state index in [9.17, 15) is 0 Å². The molecule has 1 heterocycles. The van der Waals surface area contributed by atoms with Crippen molar-refractivity contribution in [2.45, 2.75) is 6.42 Å². The quantitative estimate of drug-likeness (QED) is 0.192. The van der Waals surface area contributed by atoms with Gasteiger partial charge in [-0.25, -0.2) is 0 Å². The van der Waals surface area contributed by atoms with E-state index in [2.05, 4.69) is 180 Å². The van der Waals surface area contributed by atoms with Crippen molar-refractivity contribution in [3.8, 4) is 11.1 Å². The normalized spacial score (nSPS) is 11.8. The predicted molar refractivity (Wildman–Crippen MR) is 191 cm³/mol. The summed E-state index contributed by atoms with van der Waals surface area (Å²) in [6.45, 7) is 0. The van der Waals surface area contributed by atoms with Crippen molar-refractivity contribution in [3.63, 3.8) is 0 Å². The lowest BCUT2D eigenvalue weighted by Gasteiger charge is -2.27. The van der Waals surface area contributed by atoms with Crippen molar-refractivity contribution >= 4 is 56.1 Å². The molecule has 0 spiro atoms. The van der Waals surface area contributed by atoms with E-state index in [4.69, 9.17) is 4.42 Å². The zero-order chi connectivity index (χ0) is 30.5. The number of nitrogens with zero attached hydrogens (tertiary/aromatic N) is 2. The van der Waals surface area contributed by atoms with Gasteiger partial charge in [0, 0.05) is 33.8 Å². The molecule has 3 nitrogen and oxygen atoms in total. The third kappa shape index (κ3) is 4.36. The highest BCUT2D eigenvalue weighted by Gasteiger charge is 2.23. The third-order valence-corrected chi connectivity index (χ3v) is 9.04. The highest BCUT2D eigenvalue weighted by atomic mass is 16.3. The van der Waals surface area contributed by atoms with E-state index in [0.717, 1.165) is 62.5 Å². The Morgan fingerprint density at radius 2 is 0.978 bits per heavy atom. The van der Waals surface area contributed by atoms with E-state index in [0.29, 0.717) is 0 Å². The number of hydrogen-bond acceptors (Lipinski definition) is 3. The molecule has 0 N–H and O–H groups in total. The minimum absolute atomic E-state index is 0.863. The highest BCUT2D eigenvalue weighted by Crippen LogP contribution is 2.46. The van der Waals surface area contributed by atoms with Gasteiger partial charge in [0.15, 0.2) is 0 Å². The van der Waals surface area contributed by atoms with Gasteiger partial charge >= 0.3 is 0 Å². The summed E-state index contributed by atoms with van der Waals surface area (Å²) in [7, 11) is 0. The molecular weight excluding hydrogens is 560 g/mol. The van der Waals surface area contributed by atoms with Crippen LogP contribution in [0.1, 0.15) is 11.1 Å². The summed E-state index contributed by atoms with van der Waals surface area (Å²) in [5.74, 6) is 0. The van der Waals surface area contributed by atoms with Crippen LogP contribution in [0.15, 0.2) is 174 Å². The van der Waals surface area contributed by atoms with Gasteiger partial charge in [-0.1, -0.05) is 91.0 Å². The van der Waals surface area contributed by atoms with Gasteiger partial charge in [-0.2, -0.15) is 0 Å². The maximum atomic E-state index is 6.52. The van der Waals surface area contributed by atoms with Crippen LogP contribution in [-0.4, -0.2) is 0 Å². The van der Waals surface area contributed by atoms with Crippen molar-refractivity contribution < 1.29 is 4.42 Å². The van der Waals surface area contributed by atoms with Crippen molar-refractivity contribution in [1.82, 2.24) is 0 Å². The number of benzene rings is 7. The molecule has 0 radical (unpaired) electrons. The number of fused-ring (bicyclic) bond motifs is 6. The van der Waals surface area contributed by atoms with Crippen LogP contribution < -0.4 is 9.80 Å². The van der Waals surface area contributed by atoms with Crippen molar-refractivity contribution in [2.24, 2.45) is 0 Å². The maximum absolute atomic E-state index is 6.52. The molecule has 3 heteroatoms. The van der Waals surface area contributed by atoms with Gasteiger partial charge in [0.25, 0.3) is 0 Å². The van der Waals surface area contributed by atoms with E-state index >= 15 is 0 Å². The zero-order valence-corrected chi connectivity index (χ0v) is 25.2. The summed E-state index contributed by atoms with van der Waals surface area (Å²) in [6, 6.07) is 60.3. The van der Waals surface area contributed by atoms with Crippen LogP contribution in [0.4, 0.5) is 34.1 Å². The smallest absolute Gasteiger partial charge is 0.137 e. The highest BCUT2D eigenvalue weighted by molar-refractivity contribution is 6.14. The first-order valence-corrected chi connectivity index (χ1v) is 15.7. The minimum atomic E-state index is 0.863. The molecule has 0 fully saturated rings. The molecule has 1 aliphatic rings. The average Bonchev–Trinajstić information content (AvgIpc) is 3.68. The standard InChI is InChI=1S/C43H30N2O/c1-4-14-32(15-5-1)44(35-24-23-31-27-30-13-10-11-20-37(30)38(31)28-35)36-25-26-41-39(29-36)43-40(21-12-22-42(43)46-41)45(33-16-6-2-7-17-33)34-18-8-3-9-19-34/h1-26,28-29H,27H2. The van der Waals surface area contributed by atoms with Gasteiger partial charge in [0.1, 0.15) is 11.2 Å². The lowest BCUT2D eigenvalue weighted by atomic mass is 10.0. The number of para-hydroxylation sites is 3.